The lowest BCUT2D eigenvalue weighted by atomic mass is 9.87. The fraction of sp³-hybridized carbons (Fsp3) is 0.500. The summed E-state index contributed by atoms with van der Waals surface area (Å²) < 4.78 is 4.76. The molecule has 0 unspecified atom stereocenters. The molecule has 32 heavy (non-hydrogen) atoms. The highest BCUT2D eigenvalue weighted by Crippen LogP contribution is 2.31. The number of carbonyl (C=O) groups is 1. The third-order valence-electron chi connectivity index (χ3n) is 6.23. The van der Waals surface area contributed by atoms with Gasteiger partial charge in [-0.3, -0.25) is 4.79 Å². The molecule has 0 bridgehead atoms. The molecule has 0 saturated heterocycles. The summed E-state index contributed by atoms with van der Waals surface area (Å²) in [4.78, 5) is 10.2. The van der Waals surface area contributed by atoms with Gasteiger partial charge in [-0.05, 0) is 78.7 Å². The van der Waals surface area contributed by atoms with Gasteiger partial charge in [0.25, 0.3) is 6.47 Å². The molecule has 0 fully saturated rings. The standard InChI is InChI=1S/C25H30O2.C5H12/c26-20-27-18-9-2-1-4-13-22-16-10-17-23-14-7-8-15-24(19-25(22)23)21-11-5-3-6-12-21;1-4-5(2)3/h3,5-6,10-12,16-17,19-20H,1-2,4,7-9,13-15,18H2;5H,4H2,1-3H3/b24-19+;. The predicted octanol–water partition coefficient (Wildman–Crippen LogP) is 8.28. The van der Waals surface area contributed by atoms with Crippen LogP contribution in [0.15, 0.2) is 48.5 Å². The van der Waals surface area contributed by atoms with Gasteiger partial charge < -0.3 is 4.74 Å². The van der Waals surface area contributed by atoms with Crippen molar-refractivity contribution in [3.63, 3.8) is 0 Å². The Morgan fingerprint density at radius 3 is 2.34 bits per heavy atom. The number of rotatable bonds is 10. The molecule has 0 atom stereocenters. The molecular weight excluding hydrogens is 392 g/mol. The number of hydrogen-bond acceptors (Lipinski definition) is 2. The van der Waals surface area contributed by atoms with Crippen LogP contribution >= 0.6 is 0 Å². The molecule has 174 valence electrons. The van der Waals surface area contributed by atoms with Crippen molar-refractivity contribution in [3.05, 3.63) is 70.8 Å². The first kappa shape index (κ1) is 25.9. The van der Waals surface area contributed by atoms with Crippen LogP contribution in [0.1, 0.15) is 94.4 Å². The summed E-state index contributed by atoms with van der Waals surface area (Å²) in [7, 11) is 0. The zero-order valence-electron chi connectivity index (χ0n) is 20.4. The average Bonchev–Trinajstić information content (AvgIpc) is 2.80. The quantitative estimate of drug-likeness (QED) is 0.278. The molecule has 0 heterocycles. The SMILES string of the molecule is CCC(C)C.O=COCCCCCCc1cccc2c1/C=C(/c1ccccc1)CCCC2. The average molecular weight is 435 g/mol. The Labute approximate surface area is 196 Å². The molecule has 1 aliphatic rings. The molecule has 2 nitrogen and oxygen atoms in total. The van der Waals surface area contributed by atoms with Gasteiger partial charge >= 0.3 is 0 Å². The Hall–Kier alpha value is -2.35. The fourth-order valence-electron chi connectivity index (χ4n) is 3.95. The molecule has 2 heteroatoms. The molecular formula is C30H42O2. The Morgan fingerprint density at radius 2 is 1.62 bits per heavy atom. The zero-order valence-corrected chi connectivity index (χ0v) is 20.4. The van der Waals surface area contributed by atoms with Crippen LogP contribution in [0.25, 0.3) is 11.6 Å². The first-order chi connectivity index (χ1) is 15.7. The summed E-state index contributed by atoms with van der Waals surface area (Å²) in [5, 5.41) is 0. The van der Waals surface area contributed by atoms with Crippen LogP contribution in [0.5, 0.6) is 0 Å². The highest BCUT2D eigenvalue weighted by molar-refractivity contribution is 5.83. The Bertz CT molecular complexity index is 805. The fourth-order valence-corrected chi connectivity index (χ4v) is 3.95. The molecule has 0 radical (unpaired) electrons. The van der Waals surface area contributed by atoms with Gasteiger partial charge in [-0.1, -0.05) is 94.6 Å². The molecule has 0 saturated carbocycles. The van der Waals surface area contributed by atoms with Crippen molar-refractivity contribution in [3.8, 4) is 0 Å². The summed E-state index contributed by atoms with van der Waals surface area (Å²) in [6, 6.07) is 17.7. The largest absolute Gasteiger partial charge is 0.468 e. The van der Waals surface area contributed by atoms with Crippen molar-refractivity contribution in [2.24, 2.45) is 5.92 Å². The normalized spacial score (nSPS) is 14.8. The highest BCUT2D eigenvalue weighted by Gasteiger charge is 2.12. The molecule has 1 aliphatic carbocycles. The van der Waals surface area contributed by atoms with Crippen LogP contribution in [0.4, 0.5) is 0 Å². The number of carbonyl (C=O) groups excluding carboxylic acids is 1. The van der Waals surface area contributed by atoms with Crippen LogP contribution in [0.2, 0.25) is 0 Å². The van der Waals surface area contributed by atoms with E-state index in [0.29, 0.717) is 13.1 Å². The number of ether oxygens (including phenoxy) is 1. The minimum atomic E-state index is 0.540. The lowest BCUT2D eigenvalue weighted by molar-refractivity contribution is -0.128. The number of unbranched alkanes of at least 4 members (excludes halogenated alkanes) is 3. The third-order valence-corrected chi connectivity index (χ3v) is 6.23. The molecule has 0 aliphatic heterocycles. The van der Waals surface area contributed by atoms with E-state index in [0.717, 1.165) is 31.6 Å². The molecule has 0 aromatic heterocycles. The Morgan fingerprint density at radius 1 is 0.906 bits per heavy atom. The lowest BCUT2D eigenvalue weighted by Crippen LogP contribution is -2.01. The Balaban J connectivity index is 0.000000654. The van der Waals surface area contributed by atoms with Crippen LogP contribution < -0.4 is 0 Å². The van der Waals surface area contributed by atoms with Crippen molar-refractivity contribution in [1.29, 1.82) is 0 Å². The van der Waals surface area contributed by atoms with Gasteiger partial charge in [-0.2, -0.15) is 0 Å². The number of hydrogen-bond donors (Lipinski definition) is 0. The van der Waals surface area contributed by atoms with E-state index in [1.54, 1.807) is 0 Å². The maximum absolute atomic E-state index is 10.2. The van der Waals surface area contributed by atoms with E-state index >= 15 is 0 Å². The van der Waals surface area contributed by atoms with Crippen molar-refractivity contribution in [2.75, 3.05) is 6.61 Å². The number of allylic oxidation sites excluding steroid dienone is 1. The number of benzene rings is 2. The smallest absolute Gasteiger partial charge is 0.293 e. The van der Waals surface area contributed by atoms with Gasteiger partial charge in [-0.25, -0.2) is 0 Å². The second kappa shape index (κ2) is 15.5. The highest BCUT2D eigenvalue weighted by atomic mass is 16.5. The molecule has 0 N–H and O–H groups in total. The van der Waals surface area contributed by atoms with Crippen LogP contribution in [-0.2, 0) is 22.4 Å². The van der Waals surface area contributed by atoms with E-state index in [1.807, 2.05) is 0 Å². The van der Waals surface area contributed by atoms with E-state index in [2.05, 4.69) is 75.4 Å². The van der Waals surface area contributed by atoms with Crippen LogP contribution in [0.3, 0.4) is 0 Å². The first-order valence-corrected chi connectivity index (χ1v) is 12.6. The summed E-state index contributed by atoms with van der Waals surface area (Å²) in [5.41, 5.74) is 7.26. The third kappa shape index (κ3) is 9.42. The van der Waals surface area contributed by atoms with Crippen LogP contribution in [0, 0.1) is 5.92 Å². The zero-order chi connectivity index (χ0) is 23.0. The van der Waals surface area contributed by atoms with Gasteiger partial charge in [0, 0.05) is 0 Å². The Kier molecular flexibility index (Phi) is 12.5. The number of fused-ring (bicyclic) bond motifs is 1. The maximum atomic E-state index is 10.2. The first-order valence-electron chi connectivity index (χ1n) is 12.6. The maximum Gasteiger partial charge on any atom is 0.293 e. The molecule has 3 rings (SSSR count). The van der Waals surface area contributed by atoms with E-state index in [9.17, 15) is 4.79 Å². The summed E-state index contributed by atoms with van der Waals surface area (Å²) in [6.45, 7) is 7.73. The van der Waals surface area contributed by atoms with E-state index in [1.165, 1.54) is 66.4 Å². The van der Waals surface area contributed by atoms with Gasteiger partial charge in [0.2, 0.25) is 0 Å². The van der Waals surface area contributed by atoms with Gasteiger partial charge in [0.15, 0.2) is 0 Å². The summed E-state index contributed by atoms with van der Waals surface area (Å²) in [5.74, 6) is 0.884. The predicted molar refractivity (Wildman–Crippen MR) is 138 cm³/mol. The molecule has 2 aromatic rings. The van der Waals surface area contributed by atoms with Crippen molar-refractivity contribution in [2.45, 2.75) is 85.0 Å². The van der Waals surface area contributed by atoms with Crippen molar-refractivity contribution < 1.29 is 9.53 Å². The molecule has 0 amide bonds. The van der Waals surface area contributed by atoms with Gasteiger partial charge in [0.1, 0.15) is 0 Å². The van der Waals surface area contributed by atoms with E-state index in [-0.39, 0.29) is 0 Å². The van der Waals surface area contributed by atoms with Gasteiger partial charge in [-0.15, -0.1) is 0 Å². The van der Waals surface area contributed by atoms with Crippen LogP contribution in [-0.4, -0.2) is 13.1 Å². The minimum absolute atomic E-state index is 0.540. The molecule has 2 aromatic carbocycles. The number of aryl methyl sites for hydroxylation is 2. The van der Waals surface area contributed by atoms with E-state index in [4.69, 9.17) is 4.74 Å². The van der Waals surface area contributed by atoms with E-state index < -0.39 is 0 Å². The topological polar surface area (TPSA) is 26.3 Å². The minimum Gasteiger partial charge on any atom is -0.468 e. The van der Waals surface area contributed by atoms with Crippen molar-refractivity contribution >= 4 is 18.1 Å². The second-order valence-corrected chi connectivity index (χ2v) is 9.17. The summed E-state index contributed by atoms with van der Waals surface area (Å²) in [6.07, 6.45) is 14.2. The molecule has 0 spiro atoms. The monoisotopic (exact) mass is 434 g/mol. The lowest BCUT2D eigenvalue weighted by Gasteiger charge is -2.18. The van der Waals surface area contributed by atoms with Crippen molar-refractivity contribution in [1.82, 2.24) is 0 Å². The second-order valence-electron chi connectivity index (χ2n) is 9.17. The summed E-state index contributed by atoms with van der Waals surface area (Å²) >= 11 is 0. The van der Waals surface area contributed by atoms with Gasteiger partial charge in [0.05, 0.1) is 6.61 Å².